The van der Waals surface area contributed by atoms with E-state index in [0.29, 0.717) is 18.0 Å². The van der Waals surface area contributed by atoms with Crippen molar-refractivity contribution in [2.75, 3.05) is 19.0 Å². The van der Waals surface area contributed by atoms with Gasteiger partial charge in [-0.15, -0.1) is 0 Å². The average molecular weight is 308 g/mol. The van der Waals surface area contributed by atoms with E-state index in [0.717, 1.165) is 12.0 Å². The lowest BCUT2D eigenvalue weighted by Gasteiger charge is -2.23. The van der Waals surface area contributed by atoms with Gasteiger partial charge in [0.1, 0.15) is 11.4 Å². The molecule has 124 valence electrons. The Labute approximate surface area is 133 Å². The van der Waals surface area contributed by atoms with Crippen molar-refractivity contribution in [3.63, 3.8) is 0 Å². The maximum atomic E-state index is 11.9. The minimum atomic E-state index is -0.539. The van der Waals surface area contributed by atoms with Crippen LogP contribution in [-0.2, 0) is 11.2 Å². The van der Waals surface area contributed by atoms with Crippen LogP contribution in [0.25, 0.3) is 0 Å². The third-order valence-electron chi connectivity index (χ3n) is 3.14. The standard InChI is InChI=1S/C17H28N2O3/c1-16(2,3)22-15(20)19-13-8-7-12(9-14(13)21-6)10-17(4,5)11-18/h7-9H,10-11,18H2,1-6H3,(H,19,20). The highest BCUT2D eigenvalue weighted by Crippen LogP contribution is 2.29. The molecule has 1 aromatic rings. The van der Waals surface area contributed by atoms with Gasteiger partial charge in [0.25, 0.3) is 0 Å². The van der Waals surface area contributed by atoms with Crippen molar-refractivity contribution in [2.24, 2.45) is 11.1 Å². The zero-order chi connectivity index (χ0) is 17.0. The molecule has 0 spiro atoms. The highest BCUT2D eigenvalue weighted by Gasteiger charge is 2.19. The lowest BCUT2D eigenvalue weighted by Crippen LogP contribution is -2.27. The van der Waals surface area contributed by atoms with Gasteiger partial charge in [-0.05, 0) is 56.8 Å². The normalized spacial score (nSPS) is 12.0. The molecule has 1 amide bonds. The number of nitrogens with one attached hydrogen (secondary N) is 1. The first-order valence-electron chi connectivity index (χ1n) is 7.43. The Morgan fingerprint density at radius 1 is 1.23 bits per heavy atom. The van der Waals surface area contributed by atoms with Crippen molar-refractivity contribution >= 4 is 11.8 Å². The molecule has 22 heavy (non-hydrogen) atoms. The van der Waals surface area contributed by atoms with Crippen LogP contribution in [0.2, 0.25) is 0 Å². The number of ether oxygens (including phenoxy) is 2. The molecule has 0 aromatic heterocycles. The minimum absolute atomic E-state index is 0.0190. The second-order valence-electron chi connectivity index (χ2n) is 7.21. The van der Waals surface area contributed by atoms with E-state index in [2.05, 4.69) is 19.2 Å². The Balaban J connectivity index is 2.88. The number of hydrogen-bond acceptors (Lipinski definition) is 4. The molecular formula is C17H28N2O3. The summed E-state index contributed by atoms with van der Waals surface area (Å²) in [5, 5.41) is 2.71. The van der Waals surface area contributed by atoms with Gasteiger partial charge in [-0.3, -0.25) is 5.32 Å². The number of rotatable bonds is 5. The van der Waals surface area contributed by atoms with E-state index in [9.17, 15) is 4.79 Å². The van der Waals surface area contributed by atoms with Crippen LogP contribution in [0.1, 0.15) is 40.2 Å². The van der Waals surface area contributed by atoms with Crippen LogP contribution < -0.4 is 15.8 Å². The SMILES string of the molecule is COc1cc(CC(C)(C)CN)ccc1NC(=O)OC(C)(C)C. The lowest BCUT2D eigenvalue weighted by atomic mass is 9.86. The molecule has 0 aliphatic rings. The molecule has 0 aliphatic heterocycles. The molecule has 0 unspecified atom stereocenters. The Morgan fingerprint density at radius 2 is 1.86 bits per heavy atom. The van der Waals surface area contributed by atoms with Crippen LogP contribution in [0.5, 0.6) is 5.75 Å². The Kier molecular flexibility index (Phi) is 5.83. The quantitative estimate of drug-likeness (QED) is 0.872. The van der Waals surface area contributed by atoms with Gasteiger partial charge in [0.15, 0.2) is 0 Å². The van der Waals surface area contributed by atoms with Gasteiger partial charge in [0.05, 0.1) is 12.8 Å². The van der Waals surface area contributed by atoms with E-state index in [1.54, 1.807) is 7.11 Å². The van der Waals surface area contributed by atoms with Crippen molar-refractivity contribution in [3.8, 4) is 5.75 Å². The Hall–Kier alpha value is -1.75. The molecule has 0 fully saturated rings. The molecule has 0 saturated carbocycles. The zero-order valence-corrected chi connectivity index (χ0v) is 14.4. The van der Waals surface area contributed by atoms with E-state index in [4.69, 9.17) is 15.2 Å². The van der Waals surface area contributed by atoms with Gasteiger partial charge in [-0.1, -0.05) is 19.9 Å². The molecule has 3 N–H and O–H groups in total. The number of carbonyl (C=O) groups is 1. The molecule has 1 rings (SSSR count). The second-order valence-corrected chi connectivity index (χ2v) is 7.21. The third-order valence-corrected chi connectivity index (χ3v) is 3.14. The highest BCUT2D eigenvalue weighted by atomic mass is 16.6. The topological polar surface area (TPSA) is 73.6 Å². The number of hydrogen-bond donors (Lipinski definition) is 2. The summed E-state index contributed by atoms with van der Waals surface area (Å²) in [7, 11) is 1.58. The van der Waals surface area contributed by atoms with Crippen LogP contribution in [0.4, 0.5) is 10.5 Å². The van der Waals surface area contributed by atoms with Gasteiger partial charge < -0.3 is 15.2 Å². The molecule has 0 radical (unpaired) electrons. The molecule has 0 aliphatic carbocycles. The average Bonchev–Trinajstić information content (AvgIpc) is 2.38. The summed E-state index contributed by atoms with van der Waals surface area (Å²) < 4.78 is 10.6. The molecule has 5 heteroatoms. The maximum Gasteiger partial charge on any atom is 0.412 e. The Morgan fingerprint density at radius 3 is 2.36 bits per heavy atom. The monoisotopic (exact) mass is 308 g/mol. The predicted molar refractivity (Wildman–Crippen MR) is 89.4 cm³/mol. The summed E-state index contributed by atoms with van der Waals surface area (Å²) in [6, 6.07) is 5.71. The molecular weight excluding hydrogens is 280 g/mol. The fourth-order valence-corrected chi connectivity index (χ4v) is 1.99. The van der Waals surface area contributed by atoms with E-state index in [-0.39, 0.29) is 5.41 Å². The van der Waals surface area contributed by atoms with E-state index >= 15 is 0 Å². The summed E-state index contributed by atoms with van der Waals surface area (Å²) in [5.41, 5.74) is 6.96. The summed E-state index contributed by atoms with van der Waals surface area (Å²) in [6.07, 6.45) is 0.341. The second kappa shape index (κ2) is 7.01. The number of anilines is 1. The number of carbonyl (C=O) groups excluding carboxylic acids is 1. The third kappa shape index (κ3) is 5.93. The zero-order valence-electron chi connectivity index (χ0n) is 14.4. The molecule has 0 saturated heterocycles. The summed E-state index contributed by atoms with van der Waals surface area (Å²) >= 11 is 0. The van der Waals surface area contributed by atoms with Crippen molar-refractivity contribution in [1.82, 2.24) is 0 Å². The van der Waals surface area contributed by atoms with Crippen molar-refractivity contribution < 1.29 is 14.3 Å². The van der Waals surface area contributed by atoms with Crippen LogP contribution in [0.15, 0.2) is 18.2 Å². The van der Waals surface area contributed by atoms with Crippen LogP contribution >= 0.6 is 0 Å². The molecule has 5 nitrogen and oxygen atoms in total. The lowest BCUT2D eigenvalue weighted by molar-refractivity contribution is 0.0635. The number of amides is 1. The Bertz CT molecular complexity index is 519. The van der Waals surface area contributed by atoms with E-state index < -0.39 is 11.7 Å². The fourth-order valence-electron chi connectivity index (χ4n) is 1.99. The number of nitrogens with two attached hydrogens (primary N) is 1. The van der Waals surface area contributed by atoms with E-state index in [1.807, 2.05) is 39.0 Å². The fraction of sp³-hybridized carbons (Fsp3) is 0.588. The molecule has 0 heterocycles. The van der Waals surface area contributed by atoms with Gasteiger partial charge in [-0.2, -0.15) is 0 Å². The molecule has 1 aromatic carbocycles. The van der Waals surface area contributed by atoms with Gasteiger partial charge in [-0.25, -0.2) is 4.79 Å². The van der Waals surface area contributed by atoms with Gasteiger partial charge in [0, 0.05) is 0 Å². The van der Waals surface area contributed by atoms with Gasteiger partial charge >= 0.3 is 6.09 Å². The van der Waals surface area contributed by atoms with Crippen LogP contribution in [0.3, 0.4) is 0 Å². The molecule has 0 bridgehead atoms. The van der Waals surface area contributed by atoms with E-state index in [1.165, 1.54) is 0 Å². The van der Waals surface area contributed by atoms with Gasteiger partial charge in [0.2, 0.25) is 0 Å². The smallest absolute Gasteiger partial charge is 0.412 e. The maximum absolute atomic E-state index is 11.9. The summed E-state index contributed by atoms with van der Waals surface area (Å²) in [6.45, 7) is 10.3. The predicted octanol–water partition coefficient (Wildman–Crippen LogP) is 3.57. The molecule has 0 atom stereocenters. The minimum Gasteiger partial charge on any atom is -0.495 e. The number of methoxy groups -OCH3 is 1. The highest BCUT2D eigenvalue weighted by molar-refractivity contribution is 5.87. The number of benzene rings is 1. The summed E-state index contributed by atoms with van der Waals surface area (Å²) in [4.78, 5) is 11.9. The largest absolute Gasteiger partial charge is 0.495 e. The van der Waals surface area contributed by atoms with Crippen LogP contribution in [-0.4, -0.2) is 25.3 Å². The first-order chi connectivity index (χ1) is 10.1. The van der Waals surface area contributed by atoms with Crippen molar-refractivity contribution in [3.05, 3.63) is 23.8 Å². The van der Waals surface area contributed by atoms with Crippen LogP contribution in [0, 0.1) is 5.41 Å². The first kappa shape index (κ1) is 18.3. The summed E-state index contributed by atoms with van der Waals surface area (Å²) in [5.74, 6) is 0.608. The van der Waals surface area contributed by atoms with Crippen molar-refractivity contribution in [1.29, 1.82) is 0 Å². The van der Waals surface area contributed by atoms with Crippen molar-refractivity contribution in [2.45, 2.75) is 46.6 Å². The first-order valence-corrected chi connectivity index (χ1v) is 7.43.